The maximum absolute atomic E-state index is 6.31. The molecule has 0 aliphatic rings. The van der Waals surface area contributed by atoms with Gasteiger partial charge >= 0.3 is 0 Å². The Labute approximate surface area is 197 Å². The van der Waals surface area contributed by atoms with E-state index >= 15 is 0 Å². The van der Waals surface area contributed by atoms with Gasteiger partial charge in [0.2, 0.25) is 0 Å². The number of nitrogens with two attached hydrogens (primary N) is 1. The lowest BCUT2D eigenvalue weighted by atomic mass is 10.00. The molecule has 0 saturated heterocycles. The molecular formula is C30H59N. The highest BCUT2D eigenvalue weighted by molar-refractivity contribution is 4.92. The van der Waals surface area contributed by atoms with Crippen LogP contribution in [0.15, 0.2) is 24.3 Å². The number of hydrogen-bond acceptors (Lipinski definition) is 1. The van der Waals surface area contributed by atoms with Gasteiger partial charge in [-0.05, 0) is 50.9 Å². The minimum atomic E-state index is 0.452. The van der Waals surface area contributed by atoms with E-state index in [4.69, 9.17) is 5.73 Å². The quantitative estimate of drug-likeness (QED) is 0.119. The topological polar surface area (TPSA) is 26.0 Å². The van der Waals surface area contributed by atoms with Gasteiger partial charge in [0.15, 0.2) is 0 Å². The summed E-state index contributed by atoms with van der Waals surface area (Å²) in [5.41, 5.74) is 6.31. The van der Waals surface area contributed by atoms with Crippen molar-refractivity contribution in [1.29, 1.82) is 0 Å². The Morgan fingerprint density at radius 3 is 1.42 bits per heavy atom. The van der Waals surface area contributed by atoms with Gasteiger partial charge in [-0.3, -0.25) is 0 Å². The van der Waals surface area contributed by atoms with Gasteiger partial charge in [0.25, 0.3) is 0 Å². The van der Waals surface area contributed by atoms with E-state index in [2.05, 4.69) is 45.1 Å². The van der Waals surface area contributed by atoms with Crippen molar-refractivity contribution < 1.29 is 0 Å². The third-order valence-electron chi connectivity index (χ3n) is 6.38. The normalized spacial score (nSPS) is 13.2. The van der Waals surface area contributed by atoms with E-state index in [9.17, 15) is 0 Å². The molecule has 1 atom stereocenters. The molecule has 0 aliphatic heterocycles. The van der Waals surface area contributed by atoms with Gasteiger partial charge in [-0.15, -0.1) is 0 Å². The van der Waals surface area contributed by atoms with Crippen molar-refractivity contribution in [3.05, 3.63) is 24.3 Å². The molecule has 1 nitrogen and oxygen atoms in total. The first-order valence-electron chi connectivity index (χ1n) is 14.2. The number of rotatable bonds is 24. The summed E-state index contributed by atoms with van der Waals surface area (Å²) in [6.07, 6.45) is 37.6. The average molecular weight is 434 g/mol. The predicted octanol–water partition coefficient (Wildman–Crippen LogP) is 10.3. The molecule has 0 spiro atoms. The van der Waals surface area contributed by atoms with Gasteiger partial charge in [0.1, 0.15) is 0 Å². The second-order valence-corrected chi connectivity index (χ2v) is 10.2. The number of unbranched alkanes of at least 4 members (excludes halogenated alkanes) is 14. The van der Waals surface area contributed by atoms with Gasteiger partial charge in [-0.1, -0.05) is 135 Å². The SMILES string of the molecule is CCCCCC=CCC=CCCCCCCCCCC(N)CCCCCCCC(C)C. The second kappa shape index (κ2) is 25.7. The minimum absolute atomic E-state index is 0.452. The van der Waals surface area contributed by atoms with Crippen LogP contribution in [0, 0.1) is 5.92 Å². The Morgan fingerprint density at radius 2 is 0.935 bits per heavy atom. The molecular weight excluding hydrogens is 374 g/mol. The highest BCUT2D eigenvalue weighted by Gasteiger charge is 2.02. The Kier molecular flexibility index (Phi) is 25.2. The van der Waals surface area contributed by atoms with Crippen LogP contribution in [-0.4, -0.2) is 6.04 Å². The summed E-state index contributed by atoms with van der Waals surface area (Å²) in [7, 11) is 0. The minimum Gasteiger partial charge on any atom is -0.328 e. The zero-order valence-corrected chi connectivity index (χ0v) is 21.9. The lowest BCUT2D eigenvalue weighted by molar-refractivity contribution is 0.473. The molecule has 0 amide bonds. The van der Waals surface area contributed by atoms with Gasteiger partial charge in [-0.25, -0.2) is 0 Å². The molecule has 0 aliphatic carbocycles. The zero-order chi connectivity index (χ0) is 22.8. The van der Waals surface area contributed by atoms with E-state index in [1.165, 1.54) is 128 Å². The van der Waals surface area contributed by atoms with Crippen LogP contribution >= 0.6 is 0 Å². The van der Waals surface area contributed by atoms with Crippen LogP contribution < -0.4 is 5.73 Å². The average Bonchev–Trinajstić information content (AvgIpc) is 2.75. The summed E-state index contributed by atoms with van der Waals surface area (Å²) in [4.78, 5) is 0. The molecule has 0 aromatic rings. The van der Waals surface area contributed by atoms with Crippen molar-refractivity contribution in [2.24, 2.45) is 11.7 Å². The molecule has 1 heteroatoms. The molecule has 0 aromatic heterocycles. The molecule has 1 unspecified atom stereocenters. The molecule has 0 radical (unpaired) electrons. The molecule has 2 N–H and O–H groups in total. The van der Waals surface area contributed by atoms with E-state index in [1.54, 1.807) is 0 Å². The van der Waals surface area contributed by atoms with Crippen LogP contribution in [-0.2, 0) is 0 Å². The summed E-state index contributed by atoms with van der Waals surface area (Å²) in [5.74, 6) is 0.868. The summed E-state index contributed by atoms with van der Waals surface area (Å²) in [6, 6.07) is 0.452. The molecule has 0 rings (SSSR count). The Bertz CT molecular complexity index is 382. The number of hydrogen-bond donors (Lipinski definition) is 1. The molecule has 0 saturated carbocycles. The van der Waals surface area contributed by atoms with E-state index in [0.717, 1.165) is 12.3 Å². The van der Waals surface area contributed by atoms with Crippen molar-refractivity contribution in [3.63, 3.8) is 0 Å². The summed E-state index contributed by atoms with van der Waals surface area (Å²) < 4.78 is 0. The monoisotopic (exact) mass is 433 g/mol. The van der Waals surface area contributed by atoms with E-state index in [-0.39, 0.29) is 0 Å². The molecule has 0 aromatic carbocycles. The maximum atomic E-state index is 6.31. The highest BCUT2D eigenvalue weighted by atomic mass is 14.6. The lowest BCUT2D eigenvalue weighted by Crippen LogP contribution is -2.19. The first kappa shape index (κ1) is 30.4. The maximum Gasteiger partial charge on any atom is 0.00388 e. The van der Waals surface area contributed by atoms with Gasteiger partial charge in [0, 0.05) is 6.04 Å². The fraction of sp³-hybridized carbons (Fsp3) is 0.867. The second-order valence-electron chi connectivity index (χ2n) is 10.2. The predicted molar refractivity (Wildman–Crippen MR) is 144 cm³/mol. The smallest absolute Gasteiger partial charge is 0.00388 e. The van der Waals surface area contributed by atoms with Crippen molar-refractivity contribution in [2.75, 3.05) is 0 Å². The third kappa shape index (κ3) is 27.4. The highest BCUT2D eigenvalue weighted by Crippen LogP contribution is 2.15. The van der Waals surface area contributed by atoms with Gasteiger partial charge in [0.05, 0.1) is 0 Å². The van der Waals surface area contributed by atoms with Gasteiger partial charge < -0.3 is 5.73 Å². The van der Waals surface area contributed by atoms with Crippen LogP contribution in [0.3, 0.4) is 0 Å². The van der Waals surface area contributed by atoms with Crippen LogP contribution in [0.1, 0.15) is 156 Å². The van der Waals surface area contributed by atoms with E-state index < -0.39 is 0 Å². The van der Waals surface area contributed by atoms with Crippen LogP contribution in [0.5, 0.6) is 0 Å². The van der Waals surface area contributed by atoms with Crippen molar-refractivity contribution in [3.8, 4) is 0 Å². The van der Waals surface area contributed by atoms with E-state index in [1.807, 2.05) is 0 Å². The van der Waals surface area contributed by atoms with E-state index in [0.29, 0.717) is 6.04 Å². The summed E-state index contributed by atoms with van der Waals surface area (Å²) >= 11 is 0. The van der Waals surface area contributed by atoms with Crippen LogP contribution in [0.2, 0.25) is 0 Å². The Hall–Kier alpha value is -0.560. The molecule has 31 heavy (non-hydrogen) atoms. The first-order chi connectivity index (χ1) is 15.2. The molecule has 0 heterocycles. The Morgan fingerprint density at radius 1 is 0.516 bits per heavy atom. The largest absolute Gasteiger partial charge is 0.328 e. The van der Waals surface area contributed by atoms with Gasteiger partial charge in [-0.2, -0.15) is 0 Å². The van der Waals surface area contributed by atoms with Crippen LogP contribution in [0.25, 0.3) is 0 Å². The standard InChI is InChI=1S/C30H59N/c1-4-5-6-7-8-9-10-11-12-13-14-15-16-17-18-21-24-27-30(31)28-25-22-19-20-23-26-29(2)3/h8-9,11-12,29-30H,4-7,10,13-28,31H2,1-3H3. The third-order valence-corrected chi connectivity index (χ3v) is 6.38. The first-order valence-corrected chi connectivity index (χ1v) is 14.2. The molecule has 184 valence electrons. The molecule has 0 bridgehead atoms. The van der Waals surface area contributed by atoms with Crippen molar-refractivity contribution in [1.82, 2.24) is 0 Å². The lowest BCUT2D eigenvalue weighted by Gasteiger charge is -2.11. The Balaban J connectivity index is 3.24. The number of allylic oxidation sites excluding steroid dienone is 4. The fourth-order valence-electron chi connectivity index (χ4n) is 4.21. The molecule has 0 fully saturated rings. The summed E-state index contributed by atoms with van der Waals surface area (Å²) in [6.45, 7) is 6.92. The zero-order valence-electron chi connectivity index (χ0n) is 21.9. The van der Waals surface area contributed by atoms with Crippen molar-refractivity contribution >= 4 is 0 Å². The van der Waals surface area contributed by atoms with Crippen LogP contribution in [0.4, 0.5) is 0 Å². The van der Waals surface area contributed by atoms with Crippen molar-refractivity contribution in [2.45, 2.75) is 162 Å². The summed E-state index contributed by atoms with van der Waals surface area (Å²) in [5, 5.41) is 0. The fourth-order valence-corrected chi connectivity index (χ4v) is 4.21.